The van der Waals surface area contributed by atoms with Gasteiger partial charge in [-0.25, -0.2) is 9.37 Å². The molecule has 0 spiro atoms. The van der Waals surface area contributed by atoms with Gasteiger partial charge in [0.2, 0.25) is 5.95 Å². The van der Waals surface area contributed by atoms with Crippen molar-refractivity contribution in [3.05, 3.63) is 29.6 Å². The highest BCUT2D eigenvalue weighted by Gasteiger charge is 2.41. The summed E-state index contributed by atoms with van der Waals surface area (Å²) in [6, 6.07) is 1.64. The number of aromatic nitrogens is 1. The average Bonchev–Trinajstić information content (AvgIpc) is 2.83. The molecule has 3 rings (SSSR count). The highest BCUT2D eigenvalue weighted by molar-refractivity contribution is 5.22. The molecule has 1 heterocycles. The standard InChI is InChI=1S/C12H13F2N/c13-11-9(3-4-15-12(11)14)10-6-7-1-2-8(10)5-7/h3-4,7-8,10H,1-2,5-6H2. The Hall–Kier alpha value is -0.990. The Balaban J connectivity index is 1.96. The van der Waals surface area contributed by atoms with Crippen LogP contribution in [0.25, 0.3) is 0 Å². The molecule has 1 aromatic heterocycles. The summed E-state index contributed by atoms with van der Waals surface area (Å²) in [6.45, 7) is 0. The Bertz CT molecular complexity index is 391. The van der Waals surface area contributed by atoms with Gasteiger partial charge in [0, 0.05) is 6.20 Å². The highest BCUT2D eigenvalue weighted by atomic mass is 19.2. The normalized spacial score (nSPS) is 33.6. The lowest BCUT2D eigenvalue weighted by Gasteiger charge is -2.22. The van der Waals surface area contributed by atoms with Gasteiger partial charge in [0.05, 0.1) is 0 Å². The van der Waals surface area contributed by atoms with Crippen LogP contribution in [0.2, 0.25) is 0 Å². The maximum atomic E-state index is 13.5. The molecule has 0 aromatic carbocycles. The van der Waals surface area contributed by atoms with E-state index in [1.54, 1.807) is 6.07 Å². The van der Waals surface area contributed by atoms with Crippen LogP contribution in [-0.2, 0) is 0 Å². The van der Waals surface area contributed by atoms with E-state index in [9.17, 15) is 8.78 Å². The van der Waals surface area contributed by atoms with Gasteiger partial charge in [-0.2, -0.15) is 4.39 Å². The van der Waals surface area contributed by atoms with Gasteiger partial charge in [-0.3, -0.25) is 0 Å². The molecule has 1 nitrogen and oxygen atoms in total. The van der Waals surface area contributed by atoms with Crippen molar-refractivity contribution < 1.29 is 8.78 Å². The fourth-order valence-corrected chi connectivity index (χ4v) is 3.34. The van der Waals surface area contributed by atoms with Crippen molar-refractivity contribution >= 4 is 0 Å². The Morgan fingerprint density at radius 2 is 2.07 bits per heavy atom. The van der Waals surface area contributed by atoms with E-state index in [-0.39, 0.29) is 5.92 Å². The summed E-state index contributed by atoms with van der Waals surface area (Å²) in [7, 11) is 0. The molecule has 0 N–H and O–H groups in total. The lowest BCUT2D eigenvalue weighted by Crippen LogP contribution is -2.11. The predicted octanol–water partition coefficient (Wildman–Crippen LogP) is 3.26. The van der Waals surface area contributed by atoms with Gasteiger partial charge in [-0.15, -0.1) is 0 Å². The molecule has 15 heavy (non-hydrogen) atoms. The second-order valence-electron chi connectivity index (χ2n) is 4.79. The molecule has 0 saturated heterocycles. The molecule has 0 aliphatic heterocycles. The van der Waals surface area contributed by atoms with Gasteiger partial charge in [-0.05, 0) is 48.6 Å². The van der Waals surface area contributed by atoms with Gasteiger partial charge in [0.25, 0.3) is 0 Å². The third-order valence-corrected chi connectivity index (χ3v) is 4.01. The molecule has 2 fully saturated rings. The molecule has 2 aliphatic carbocycles. The highest BCUT2D eigenvalue weighted by Crippen LogP contribution is 2.53. The van der Waals surface area contributed by atoms with Crippen molar-refractivity contribution in [2.45, 2.75) is 31.6 Å². The second-order valence-corrected chi connectivity index (χ2v) is 4.79. The smallest absolute Gasteiger partial charge is 0.226 e. The van der Waals surface area contributed by atoms with E-state index in [0.717, 1.165) is 12.3 Å². The van der Waals surface area contributed by atoms with Crippen LogP contribution < -0.4 is 0 Å². The van der Waals surface area contributed by atoms with Crippen LogP contribution in [0.3, 0.4) is 0 Å². The van der Waals surface area contributed by atoms with Gasteiger partial charge in [0.1, 0.15) is 0 Å². The number of hydrogen-bond acceptors (Lipinski definition) is 1. The van der Waals surface area contributed by atoms with E-state index >= 15 is 0 Å². The molecule has 3 heteroatoms. The first-order valence-electron chi connectivity index (χ1n) is 5.55. The lowest BCUT2D eigenvalue weighted by molar-refractivity contribution is 0.392. The Kier molecular flexibility index (Phi) is 2.01. The summed E-state index contributed by atoms with van der Waals surface area (Å²) < 4.78 is 26.5. The number of fused-ring (bicyclic) bond motifs is 2. The number of hydrogen-bond donors (Lipinski definition) is 0. The zero-order valence-corrected chi connectivity index (χ0v) is 8.42. The van der Waals surface area contributed by atoms with Crippen LogP contribution >= 0.6 is 0 Å². The molecule has 1 aromatic rings. The van der Waals surface area contributed by atoms with Crippen LogP contribution in [0.4, 0.5) is 8.78 Å². The average molecular weight is 209 g/mol. The zero-order chi connectivity index (χ0) is 10.4. The largest absolute Gasteiger partial charge is 0.249 e. The fraction of sp³-hybridized carbons (Fsp3) is 0.583. The molecule has 3 atom stereocenters. The molecule has 0 amide bonds. The fourth-order valence-electron chi connectivity index (χ4n) is 3.34. The van der Waals surface area contributed by atoms with E-state index in [1.807, 2.05) is 0 Å². The Labute approximate surface area is 87.5 Å². The summed E-state index contributed by atoms with van der Waals surface area (Å²) in [5.41, 5.74) is 0.551. The van der Waals surface area contributed by atoms with Crippen LogP contribution in [0.5, 0.6) is 0 Å². The van der Waals surface area contributed by atoms with Crippen LogP contribution in [0, 0.1) is 23.6 Å². The van der Waals surface area contributed by atoms with Crippen molar-refractivity contribution in [1.82, 2.24) is 4.98 Å². The number of halogens is 2. The molecule has 2 bridgehead atoms. The molecule has 3 unspecified atom stereocenters. The van der Waals surface area contributed by atoms with E-state index in [0.29, 0.717) is 11.5 Å². The predicted molar refractivity (Wildman–Crippen MR) is 52.3 cm³/mol. The van der Waals surface area contributed by atoms with Crippen LogP contribution in [0.15, 0.2) is 12.3 Å². The van der Waals surface area contributed by atoms with Crippen molar-refractivity contribution in [1.29, 1.82) is 0 Å². The second kappa shape index (κ2) is 3.26. The van der Waals surface area contributed by atoms with Crippen molar-refractivity contribution in [2.24, 2.45) is 11.8 Å². The summed E-state index contributed by atoms with van der Waals surface area (Å²) in [4.78, 5) is 3.33. The summed E-state index contributed by atoms with van der Waals surface area (Å²) in [6.07, 6.45) is 6.06. The molecule has 2 aliphatic rings. The van der Waals surface area contributed by atoms with E-state index in [2.05, 4.69) is 4.98 Å². The first kappa shape index (κ1) is 9.25. The summed E-state index contributed by atoms with van der Waals surface area (Å²) >= 11 is 0. The third kappa shape index (κ3) is 1.36. The lowest BCUT2D eigenvalue weighted by atomic mass is 9.84. The quantitative estimate of drug-likeness (QED) is 0.647. The van der Waals surface area contributed by atoms with Crippen molar-refractivity contribution in [3.63, 3.8) is 0 Å². The van der Waals surface area contributed by atoms with Gasteiger partial charge < -0.3 is 0 Å². The molecule has 80 valence electrons. The van der Waals surface area contributed by atoms with E-state index in [1.165, 1.54) is 25.5 Å². The number of rotatable bonds is 1. The Morgan fingerprint density at radius 1 is 1.20 bits per heavy atom. The third-order valence-electron chi connectivity index (χ3n) is 4.01. The van der Waals surface area contributed by atoms with Crippen molar-refractivity contribution in [2.75, 3.05) is 0 Å². The minimum Gasteiger partial charge on any atom is -0.226 e. The van der Waals surface area contributed by atoms with E-state index in [4.69, 9.17) is 0 Å². The van der Waals surface area contributed by atoms with Gasteiger partial charge in [-0.1, -0.05) is 6.42 Å². The molecular weight excluding hydrogens is 196 g/mol. The zero-order valence-electron chi connectivity index (χ0n) is 8.42. The van der Waals surface area contributed by atoms with Crippen molar-refractivity contribution in [3.8, 4) is 0 Å². The molecule has 0 radical (unpaired) electrons. The maximum Gasteiger partial charge on any atom is 0.249 e. The summed E-state index contributed by atoms with van der Waals surface area (Å²) in [5, 5.41) is 0. The first-order chi connectivity index (χ1) is 7.25. The van der Waals surface area contributed by atoms with Crippen LogP contribution in [0.1, 0.15) is 37.2 Å². The topological polar surface area (TPSA) is 12.9 Å². The minimum atomic E-state index is -0.949. The van der Waals surface area contributed by atoms with Gasteiger partial charge >= 0.3 is 0 Å². The number of pyridine rings is 1. The minimum absolute atomic E-state index is 0.237. The monoisotopic (exact) mass is 209 g/mol. The van der Waals surface area contributed by atoms with Gasteiger partial charge in [0.15, 0.2) is 5.82 Å². The molecule has 2 saturated carbocycles. The summed E-state index contributed by atoms with van der Waals surface area (Å²) in [5.74, 6) is -0.117. The SMILES string of the molecule is Fc1nccc(C2CC3CCC2C3)c1F. The Morgan fingerprint density at radius 3 is 2.73 bits per heavy atom. The molecular formula is C12H13F2N. The number of nitrogens with zero attached hydrogens (tertiary/aromatic N) is 1. The first-order valence-corrected chi connectivity index (χ1v) is 5.55. The van der Waals surface area contributed by atoms with E-state index < -0.39 is 11.8 Å². The van der Waals surface area contributed by atoms with Crippen LogP contribution in [-0.4, -0.2) is 4.98 Å². The maximum absolute atomic E-state index is 13.5.